The van der Waals surface area contributed by atoms with Crippen molar-refractivity contribution < 1.29 is 23.8 Å². The molecule has 1 aliphatic rings. The maximum Gasteiger partial charge on any atom is 0.315 e. The number of piperidine rings is 1. The number of rotatable bonds is 4. The van der Waals surface area contributed by atoms with Crippen molar-refractivity contribution in [3.05, 3.63) is 36.0 Å². The molecule has 0 radical (unpaired) electrons. The van der Waals surface area contributed by atoms with E-state index in [9.17, 15) is 9.59 Å². The van der Waals surface area contributed by atoms with Gasteiger partial charge in [0, 0.05) is 23.6 Å². The molecule has 1 aliphatic heterocycles. The Labute approximate surface area is 129 Å². The third-order valence-corrected chi connectivity index (χ3v) is 3.77. The highest BCUT2D eigenvalue weighted by atomic mass is 16.5. The van der Waals surface area contributed by atoms with Gasteiger partial charge in [-0.3, -0.25) is 9.59 Å². The molecule has 2 unspecified atom stereocenters. The topological polar surface area (TPSA) is 73.9 Å². The molecule has 1 amide bonds. The Kier molecular flexibility index (Phi) is 4.70. The number of methoxy groups -OCH3 is 3. The van der Waals surface area contributed by atoms with Crippen molar-refractivity contribution in [3.63, 3.8) is 0 Å². The number of amides is 1. The minimum Gasteiger partial charge on any atom is -0.493 e. The average Bonchev–Trinajstić information content (AvgIpc) is 2.52. The van der Waals surface area contributed by atoms with Crippen molar-refractivity contribution in [3.8, 4) is 11.5 Å². The third-order valence-electron chi connectivity index (χ3n) is 3.77. The summed E-state index contributed by atoms with van der Waals surface area (Å²) in [7, 11) is 4.37. The summed E-state index contributed by atoms with van der Waals surface area (Å²) in [4.78, 5) is 24.0. The molecular formula is C16H19NO5. The zero-order chi connectivity index (χ0) is 16.3. The summed E-state index contributed by atoms with van der Waals surface area (Å²) >= 11 is 0. The van der Waals surface area contributed by atoms with Crippen LogP contribution in [0.4, 0.5) is 0 Å². The van der Waals surface area contributed by atoms with Crippen LogP contribution in [0.1, 0.15) is 17.9 Å². The molecule has 22 heavy (non-hydrogen) atoms. The highest BCUT2D eigenvalue weighted by Crippen LogP contribution is 2.43. The smallest absolute Gasteiger partial charge is 0.315 e. The molecule has 1 aromatic carbocycles. The SMILES string of the molecule is C=C1NC(=O)CC(c2cccc(OC)c2OC)C1C(=O)OC. The lowest BCUT2D eigenvalue weighted by molar-refractivity contribution is -0.146. The lowest BCUT2D eigenvalue weighted by Gasteiger charge is -2.32. The van der Waals surface area contributed by atoms with E-state index < -0.39 is 17.8 Å². The molecule has 1 heterocycles. The summed E-state index contributed by atoms with van der Waals surface area (Å²) in [6.45, 7) is 3.78. The Bertz CT molecular complexity index is 611. The van der Waals surface area contributed by atoms with Crippen LogP contribution in [0.5, 0.6) is 11.5 Å². The molecule has 1 saturated heterocycles. The van der Waals surface area contributed by atoms with Gasteiger partial charge >= 0.3 is 5.97 Å². The van der Waals surface area contributed by atoms with Crippen molar-refractivity contribution in [2.24, 2.45) is 5.92 Å². The first-order valence-electron chi connectivity index (χ1n) is 6.80. The van der Waals surface area contributed by atoms with Crippen LogP contribution in [0.15, 0.2) is 30.5 Å². The minimum absolute atomic E-state index is 0.141. The lowest BCUT2D eigenvalue weighted by atomic mass is 9.78. The molecule has 0 aliphatic carbocycles. The number of hydrogen-bond acceptors (Lipinski definition) is 5. The van der Waals surface area contributed by atoms with Crippen LogP contribution in [0, 0.1) is 5.92 Å². The van der Waals surface area contributed by atoms with E-state index in [0.717, 1.165) is 0 Å². The van der Waals surface area contributed by atoms with Crippen molar-refractivity contribution in [1.29, 1.82) is 0 Å². The zero-order valence-corrected chi connectivity index (χ0v) is 12.8. The predicted molar refractivity (Wildman–Crippen MR) is 79.7 cm³/mol. The monoisotopic (exact) mass is 305 g/mol. The summed E-state index contributed by atoms with van der Waals surface area (Å²) in [5, 5.41) is 2.60. The quantitative estimate of drug-likeness (QED) is 0.856. The maximum atomic E-state index is 12.1. The second kappa shape index (κ2) is 6.51. The van der Waals surface area contributed by atoms with E-state index in [2.05, 4.69) is 11.9 Å². The first-order chi connectivity index (χ1) is 10.5. The molecule has 2 atom stereocenters. The highest BCUT2D eigenvalue weighted by Gasteiger charge is 2.40. The van der Waals surface area contributed by atoms with Gasteiger partial charge in [0.15, 0.2) is 11.5 Å². The highest BCUT2D eigenvalue weighted by molar-refractivity contribution is 5.87. The number of nitrogens with one attached hydrogen (secondary N) is 1. The summed E-state index contributed by atoms with van der Waals surface area (Å²) in [6, 6.07) is 5.36. The Hall–Kier alpha value is -2.50. The van der Waals surface area contributed by atoms with E-state index >= 15 is 0 Å². The predicted octanol–water partition coefficient (Wildman–Crippen LogP) is 1.61. The maximum absolute atomic E-state index is 12.1. The fourth-order valence-electron chi connectivity index (χ4n) is 2.80. The third kappa shape index (κ3) is 2.77. The van der Waals surface area contributed by atoms with Gasteiger partial charge in [-0.05, 0) is 6.07 Å². The number of para-hydroxylation sites is 1. The van der Waals surface area contributed by atoms with Crippen LogP contribution in [0.25, 0.3) is 0 Å². The second-order valence-corrected chi connectivity index (χ2v) is 4.97. The van der Waals surface area contributed by atoms with Gasteiger partial charge in [-0.2, -0.15) is 0 Å². The first kappa shape index (κ1) is 15.9. The van der Waals surface area contributed by atoms with Gasteiger partial charge in [-0.1, -0.05) is 18.7 Å². The van der Waals surface area contributed by atoms with Crippen LogP contribution >= 0.6 is 0 Å². The van der Waals surface area contributed by atoms with E-state index in [4.69, 9.17) is 14.2 Å². The Morgan fingerprint density at radius 1 is 1.27 bits per heavy atom. The van der Waals surface area contributed by atoms with Crippen LogP contribution in [-0.2, 0) is 14.3 Å². The van der Waals surface area contributed by atoms with E-state index in [1.54, 1.807) is 12.1 Å². The van der Waals surface area contributed by atoms with Crippen molar-refractivity contribution >= 4 is 11.9 Å². The normalized spacial score (nSPS) is 21.0. The average molecular weight is 305 g/mol. The molecule has 0 aromatic heterocycles. The van der Waals surface area contributed by atoms with Crippen molar-refractivity contribution in [2.75, 3.05) is 21.3 Å². The van der Waals surface area contributed by atoms with Gasteiger partial charge in [0.2, 0.25) is 5.91 Å². The Balaban J connectivity index is 2.53. The summed E-state index contributed by atoms with van der Waals surface area (Å²) in [5.74, 6) is -0.672. The van der Waals surface area contributed by atoms with E-state index in [0.29, 0.717) is 22.8 Å². The van der Waals surface area contributed by atoms with Crippen LogP contribution < -0.4 is 14.8 Å². The second-order valence-electron chi connectivity index (χ2n) is 4.97. The molecule has 0 bridgehead atoms. The van der Waals surface area contributed by atoms with Crippen molar-refractivity contribution in [1.82, 2.24) is 5.32 Å². The Morgan fingerprint density at radius 3 is 2.59 bits per heavy atom. The van der Waals surface area contributed by atoms with Crippen LogP contribution in [-0.4, -0.2) is 33.2 Å². The summed E-state index contributed by atoms with van der Waals surface area (Å²) in [6.07, 6.45) is 0.141. The van der Waals surface area contributed by atoms with Crippen LogP contribution in [0.3, 0.4) is 0 Å². The number of esters is 1. The molecule has 118 valence electrons. The number of ether oxygens (including phenoxy) is 3. The van der Waals surface area contributed by atoms with Gasteiger partial charge in [0.05, 0.1) is 21.3 Å². The van der Waals surface area contributed by atoms with Gasteiger partial charge in [0.25, 0.3) is 0 Å². The van der Waals surface area contributed by atoms with Gasteiger partial charge < -0.3 is 19.5 Å². The van der Waals surface area contributed by atoms with E-state index in [1.807, 2.05) is 6.07 Å². The van der Waals surface area contributed by atoms with E-state index in [-0.39, 0.29) is 12.3 Å². The summed E-state index contributed by atoms with van der Waals surface area (Å²) < 4.78 is 15.5. The standard InChI is InChI=1S/C16H19NO5/c1-9-14(16(19)22-4)11(8-13(18)17-9)10-6-5-7-12(20-2)15(10)21-3/h5-7,11,14H,1,8H2,2-4H3,(H,17,18). The number of hydrogen-bond donors (Lipinski definition) is 1. The van der Waals surface area contributed by atoms with Gasteiger partial charge in [-0.15, -0.1) is 0 Å². The molecule has 1 N–H and O–H groups in total. The number of benzene rings is 1. The lowest BCUT2D eigenvalue weighted by Crippen LogP contribution is -2.41. The zero-order valence-electron chi connectivity index (χ0n) is 12.8. The molecule has 1 fully saturated rings. The van der Waals surface area contributed by atoms with Gasteiger partial charge in [0.1, 0.15) is 5.92 Å². The molecule has 2 rings (SSSR count). The van der Waals surface area contributed by atoms with E-state index in [1.165, 1.54) is 21.3 Å². The molecule has 0 saturated carbocycles. The molecular weight excluding hydrogens is 286 g/mol. The number of carbonyl (C=O) groups excluding carboxylic acids is 2. The molecule has 1 aromatic rings. The molecule has 6 heteroatoms. The fraction of sp³-hybridized carbons (Fsp3) is 0.375. The van der Waals surface area contributed by atoms with Crippen LogP contribution in [0.2, 0.25) is 0 Å². The molecule has 6 nitrogen and oxygen atoms in total. The Morgan fingerprint density at radius 2 is 2.00 bits per heavy atom. The van der Waals surface area contributed by atoms with Crippen molar-refractivity contribution in [2.45, 2.75) is 12.3 Å². The largest absolute Gasteiger partial charge is 0.493 e. The minimum atomic E-state index is -0.663. The van der Waals surface area contributed by atoms with Gasteiger partial charge in [-0.25, -0.2) is 0 Å². The summed E-state index contributed by atoms with van der Waals surface area (Å²) in [5.41, 5.74) is 1.05. The molecule has 0 spiro atoms. The number of carbonyl (C=O) groups is 2. The fourth-order valence-corrected chi connectivity index (χ4v) is 2.80. The first-order valence-corrected chi connectivity index (χ1v) is 6.80.